The molecule has 0 aliphatic carbocycles. The molecule has 0 atom stereocenters. The van der Waals surface area contributed by atoms with Gasteiger partial charge in [-0.2, -0.15) is 5.26 Å². The minimum Gasteiger partial charge on any atom is -0.310 e. The number of benzene rings is 14. The first-order valence-corrected chi connectivity index (χ1v) is 39.5. The Balaban J connectivity index is 1.09. The van der Waals surface area contributed by atoms with Crippen LogP contribution in [-0.4, -0.2) is 11.3 Å². The van der Waals surface area contributed by atoms with Crippen LogP contribution in [0.15, 0.2) is 297 Å². The maximum Gasteiger partial charge on any atom is 0.252 e. The number of fused-ring (bicyclic) bond motifs is 7. The summed E-state index contributed by atoms with van der Waals surface area (Å²) in [5.74, 6) is 0. The zero-order valence-corrected chi connectivity index (χ0v) is 67.1. The van der Waals surface area contributed by atoms with Crippen molar-refractivity contribution < 1.29 is 0 Å². The fourth-order valence-electron chi connectivity index (χ4n) is 17.1. The second-order valence-corrected chi connectivity index (χ2v) is 36.0. The van der Waals surface area contributed by atoms with E-state index in [1.807, 2.05) is 24.3 Å². The Morgan fingerprint density at radius 3 is 1.06 bits per heavy atom. The molecule has 1 aromatic heterocycles. The Hall–Kier alpha value is -12.5. The van der Waals surface area contributed by atoms with Crippen LogP contribution in [-0.2, 0) is 27.1 Å². The smallest absolute Gasteiger partial charge is 0.252 e. The highest BCUT2D eigenvalue weighted by atomic mass is 15.2. The molecule has 0 unspecified atom stereocenters. The van der Waals surface area contributed by atoms with E-state index in [1.54, 1.807) is 0 Å². The molecule has 0 N–H and O–H groups in total. The van der Waals surface area contributed by atoms with Gasteiger partial charge in [0.25, 0.3) is 6.71 Å². The van der Waals surface area contributed by atoms with Crippen LogP contribution < -0.4 is 26.2 Å². The Morgan fingerprint density at radius 2 is 0.661 bits per heavy atom. The Bertz CT molecular complexity index is 6150. The van der Waals surface area contributed by atoms with Gasteiger partial charge in [0.2, 0.25) is 0 Å². The van der Waals surface area contributed by atoms with Crippen molar-refractivity contribution in [2.75, 3.05) is 9.80 Å². The molecule has 546 valence electrons. The zero-order valence-electron chi connectivity index (χ0n) is 67.1. The van der Waals surface area contributed by atoms with E-state index in [0.29, 0.717) is 11.3 Å². The summed E-state index contributed by atoms with van der Waals surface area (Å²) in [6.45, 7) is 42.8. The van der Waals surface area contributed by atoms with Crippen LogP contribution in [0.3, 0.4) is 0 Å². The quantitative estimate of drug-likeness (QED) is 0.101. The molecule has 0 saturated heterocycles. The normalized spacial score (nSPS) is 12.9. The van der Waals surface area contributed by atoms with Crippen LogP contribution in [0.5, 0.6) is 0 Å². The number of aromatic nitrogens is 1. The van der Waals surface area contributed by atoms with Gasteiger partial charge in [-0.15, -0.1) is 0 Å². The fourth-order valence-corrected chi connectivity index (χ4v) is 17.1. The van der Waals surface area contributed by atoms with Crippen molar-refractivity contribution in [3.8, 4) is 89.6 Å². The molecule has 2 aliphatic heterocycles. The number of anilines is 6. The topological polar surface area (TPSA) is 39.6 Å². The van der Waals surface area contributed by atoms with E-state index in [4.69, 9.17) is 6.57 Å². The molecule has 112 heavy (non-hydrogen) atoms. The van der Waals surface area contributed by atoms with Crippen LogP contribution in [0, 0.1) is 17.9 Å². The maximum atomic E-state index is 10.3. The number of para-hydroxylation sites is 2. The molecule has 0 radical (unpaired) electrons. The summed E-state index contributed by atoms with van der Waals surface area (Å²) < 4.78 is 2.49. The average molecular weight is 1450 g/mol. The van der Waals surface area contributed by atoms with Crippen LogP contribution in [0.2, 0.25) is 0 Å². The van der Waals surface area contributed by atoms with E-state index in [1.165, 1.54) is 55.0 Å². The molecule has 2 aliphatic rings. The molecule has 5 nitrogen and oxygen atoms in total. The van der Waals surface area contributed by atoms with Gasteiger partial charge in [0, 0.05) is 61.5 Å². The first-order chi connectivity index (χ1) is 53.6. The third-order valence-electron chi connectivity index (χ3n) is 23.4. The van der Waals surface area contributed by atoms with Crippen molar-refractivity contribution in [2.24, 2.45) is 0 Å². The van der Waals surface area contributed by atoms with Gasteiger partial charge in [-0.25, -0.2) is 4.85 Å². The van der Waals surface area contributed by atoms with E-state index >= 15 is 0 Å². The maximum absolute atomic E-state index is 10.3. The number of nitriles is 1. The molecule has 6 heteroatoms. The van der Waals surface area contributed by atoms with E-state index in [9.17, 15) is 5.26 Å². The summed E-state index contributed by atoms with van der Waals surface area (Å²) in [4.78, 5) is 9.33. The second-order valence-electron chi connectivity index (χ2n) is 36.0. The Kier molecular flexibility index (Phi) is 17.6. The molecule has 0 fully saturated rings. The van der Waals surface area contributed by atoms with E-state index in [0.717, 1.165) is 129 Å². The third-order valence-corrected chi connectivity index (χ3v) is 23.4. The molecule has 14 aromatic carbocycles. The summed E-state index contributed by atoms with van der Waals surface area (Å²) in [7, 11) is 0. The van der Waals surface area contributed by atoms with Gasteiger partial charge in [0.1, 0.15) is 0 Å². The van der Waals surface area contributed by atoms with Gasteiger partial charge in [-0.05, 0) is 206 Å². The van der Waals surface area contributed by atoms with Gasteiger partial charge in [-0.3, -0.25) is 0 Å². The van der Waals surface area contributed by atoms with Crippen LogP contribution in [0.1, 0.15) is 137 Å². The van der Waals surface area contributed by atoms with Gasteiger partial charge in [0.15, 0.2) is 5.69 Å². The third kappa shape index (κ3) is 12.9. The van der Waals surface area contributed by atoms with Crippen LogP contribution in [0.4, 0.5) is 39.8 Å². The van der Waals surface area contributed by atoms with Crippen molar-refractivity contribution in [2.45, 2.75) is 131 Å². The van der Waals surface area contributed by atoms with Gasteiger partial charge < -0.3 is 14.4 Å². The van der Waals surface area contributed by atoms with Crippen molar-refractivity contribution in [1.29, 1.82) is 5.26 Å². The van der Waals surface area contributed by atoms with Gasteiger partial charge >= 0.3 is 0 Å². The molecule has 3 heterocycles. The van der Waals surface area contributed by atoms with Crippen molar-refractivity contribution in [3.63, 3.8) is 0 Å². The molecular formula is C106H94BN5. The Morgan fingerprint density at radius 1 is 0.304 bits per heavy atom. The average Bonchev–Trinajstić information content (AvgIpc) is 0.731. The first-order valence-electron chi connectivity index (χ1n) is 39.5. The lowest BCUT2D eigenvalue weighted by Gasteiger charge is -2.46. The summed E-state index contributed by atoms with van der Waals surface area (Å²) in [5.41, 5.74) is 34.8. The largest absolute Gasteiger partial charge is 0.310 e. The molecule has 15 aromatic rings. The highest BCUT2D eigenvalue weighted by molar-refractivity contribution is 7.00. The number of hydrogen-bond donors (Lipinski definition) is 0. The Labute approximate surface area is 662 Å². The minimum absolute atomic E-state index is 0.181. The van der Waals surface area contributed by atoms with E-state index in [2.05, 4.69) is 402 Å². The molecule has 0 saturated carbocycles. The number of rotatable bonds is 10. The highest BCUT2D eigenvalue weighted by Crippen LogP contribution is 2.57. The molecule has 0 bridgehead atoms. The van der Waals surface area contributed by atoms with Crippen molar-refractivity contribution >= 4 is 84.7 Å². The zero-order chi connectivity index (χ0) is 78.1. The monoisotopic (exact) mass is 1450 g/mol. The molecule has 0 spiro atoms. The molecule has 17 rings (SSSR count). The standard InChI is InChI=1S/C106H94BN5/c1-102(2,3)78-34-24-30-72(54-78)87-58-76(69-44-42-67(66-108)43-45-69)59-88(73-31-25-35-79(55-73)103(4,5)6)100(87)111-95-62-71(68-28-18-17-19-29-68)48-52-91(95)107-92-53-51-84(110-93-40-22-20-38-85(93)86-39-21-23-41-94(86)110)65-96(92)112(98-64-82(106(13,14)15)63-97(111)99(98)107)101-89(74-32-26-36-80(56-74)104(7,8)9)60-77(70-46-49-83(109-16)50-47-70)61-90(101)75-33-27-37-81(57-75)105(10,11)12/h17-65H,1-15H3. The summed E-state index contributed by atoms with van der Waals surface area (Å²) in [6, 6.07) is 114. The van der Waals surface area contributed by atoms with Crippen LogP contribution >= 0.6 is 0 Å². The predicted octanol–water partition coefficient (Wildman–Crippen LogP) is 27.4. The predicted molar refractivity (Wildman–Crippen MR) is 477 cm³/mol. The van der Waals surface area contributed by atoms with E-state index < -0.39 is 5.41 Å². The molecular weight excluding hydrogens is 1350 g/mol. The lowest BCUT2D eigenvalue weighted by Crippen LogP contribution is -2.61. The summed E-state index contributed by atoms with van der Waals surface area (Å²) in [5, 5.41) is 12.7. The highest BCUT2D eigenvalue weighted by Gasteiger charge is 2.47. The van der Waals surface area contributed by atoms with Gasteiger partial charge in [-0.1, -0.05) is 322 Å². The second kappa shape index (κ2) is 27.2. The van der Waals surface area contributed by atoms with E-state index in [-0.39, 0.29) is 28.4 Å². The number of hydrogen-bond acceptors (Lipinski definition) is 3. The summed E-state index contributed by atoms with van der Waals surface area (Å²) >= 11 is 0. The summed E-state index contributed by atoms with van der Waals surface area (Å²) in [6.07, 6.45) is 0. The van der Waals surface area contributed by atoms with Crippen molar-refractivity contribution in [3.05, 3.63) is 342 Å². The van der Waals surface area contributed by atoms with Crippen molar-refractivity contribution in [1.82, 2.24) is 4.57 Å². The van der Waals surface area contributed by atoms with Crippen LogP contribution in [0.25, 0.3) is 110 Å². The lowest BCUT2D eigenvalue weighted by atomic mass is 9.33. The SMILES string of the molecule is [C-]#[N+]c1ccc(-c2cc(-c3cccc(C(C)(C)C)c3)c(N3c4cc(-n5c6ccccc6c6ccccc65)ccc4B4c5ccc(-c6ccccc6)cc5N(c5c(-c6cccc(C(C)(C)C)c6)cc(-c6ccc(C#N)cc6)cc5-c5cccc(C(C)(C)C)c5)c5cc(C(C)(C)C)cc3c54)c(-c3cccc(C(C)(C)C)c3)c2)cc1. The lowest BCUT2D eigenvalue weighted by molar-refractivity contribution is 0.590. The first kappa shape index (κ1) is 72.4. The fraction of sp³-hybridized carbons (Fsp3) is 0.189. The number of nitrogens with zero attached hydrogens (tertiary/aromatic N) is 5. The van der Waals surface area contributed by atoms with Gasteiger partial charge in [0.05, 0.1) is 40.6 Å². The minimum atomic E-state index is -0.405. The molecule has 0 amide bonds.